The van der Waals surface area contributed by atoms with E-state index in [0.29, 0.717) is 0 Å². The third kappa shape index (κ3) is 6.78. The maximum absolute atomic E-state index is 5.43. The molecule has 42 heavy (non-hydrogen) atoms. The zero-order valence-electron chi connectivity index (χ0n) is 23.2. The van der Waals surface area contributed by atoms with Crippen molar-refractivity contribution >= 4 is 34.1 Å². The van der Waals surface area contributed by atoms with Crippen LogP contribution in [0.15, 0.2) is 170 Å². The van der Waals surface area contributed by atoms with Gasteiger partial charge in [-0.2, -0.15) is 0 Å². The first-order valence-corrected chi connectivity index (χ1v) is 13.7. The van der Waals surface area contributed by atoms with Crippen molar-refractivity contribution in [3.8, 4) is 24.7 Å². The smallest absolute Gasteiger partial charge is 0.0462 e. The molecule has 2 nitrogen and oxygen atoms in total. The van der Waals surface area contributed by atoms with Crippen LogP contribution in [0.2, 0.25) is 0 Å². The van der Waals surface area contributed by atoms with Gasteiger partial charge in [0.05, 0.1) is 0 Å². The lowest BCUT2D eigenvalue weighted by Crippen LogP contribution is -2.09. The van der Waals surface area contributed by atoms with Gasteiger partial charge in [-0.15, -0.1) is 12.8 Å². The number of hydrogen-bond acceptors (Lipinski definition) is 2. The van der Waals surface area contributed by atoms with E-state index in [4.69, 9.17) is 12.8 Å². The van der Waals surface area contributed by atoms with E-state index in [1.165, 1.54) is 0 Å². The molecule has 0 aliphatic heterocycles. The normalized spacial score (nSPS) is 9.86. The molecule has 0 aliphatic rings. The van der Waals surface area contributed by atoms with Crippen LogP contribution in [-0.4, -0.2) is 0 Å². The Kier molecular flexibility index (Phi) is 9.14. The Bertz CT molecular complexity index is 1530. The van der Waals surface area contributed by atoms with E-state index in [2.05, 4.69) is 94.4 Å². The average Bonchev–Trinajstić information content (AvgIpc) is 3.08. The van der Waals surface area contributed by atoms with Crippen LogP contribution in [0, 0.1) is 24.7 Å². The molecule has 0 aromatic heterocycles. The summed E-state index contributed by atoms with van der Waals surface area (Å²) in [5.41, 5.74) is 8.45. The number of anilines is 6. The van der Waals surface area contributed by atoms with Crippen molar-refractivity contribution in [2.45, 2.75) is 0 Å². The van der Waals surface area contributed by atoms with Gasteiger partial charge in [-0.1, -0.05) is 84.6 Å². The van der Waals surface area contributed by atoms with E-state index in [1.54, 1.807) is 0 Å². The van der Waals surface area contributed by atoms with Gasteiger partial charge in [-0.05, 0) is 97.1 Å². The Hall–Kier alpha value is -5.96. The SMILES string of the molecule is C#Cc1ccc(N(c2ccccc2)c2ccccc2)cc1.C#Cc1ccc(N(c2ccccc2)c2ccccc2)cc1. The summed E-state index contributed by atoms with van der Waals surface area (Å²) in [5.74, 6) is 5.31. The van der Waals surface area contributed by atoms with Crippen molar-refractivity contribution in [3.63, 3.8) is 0 Å². The predicted molar refractivity (Wildman–Crippen MR) is 178 cm³/mol. The standard InChI is InChI=1S/2C20H15N/c2*1-2-17-13-15-20(16-14-17)21(18-9-5-3-6-10-18)19-11-7-4-8-12-19/h2*1,3-16H. The van der Waals surface area contributed by atoms with E-state index in [-0.39, 0.29) is 0 Å². The summed E-state index contributed by atoms with van der Waals surface area (Å²) in [6.07, 6.45) is 10.9. The Morgan fingerprint density at radius 1 is 0.286 bits per heavy atom. The molecule has 0 saturated carbocycles. The molecule has 0 unspecified atom stereocenters. The molecule has 0 radical (unpaired) electrons. The molecule has 0 atom stereocenters. The second-order valence-electron chi connectivity index (χ2n) is 9.40. The van der Waals surface area contributed by atoms with Gasteiger partial charge in [-0.25, -0.2) is 0 Å². The van der Waals surface area contributed by atoms with E-state index >= 15 is 0 Å². The highest BCUT2D eigenvalue weighted by molar-refractivity contribution is 5.77. The van der Waals surface area contributed by atoms with Gasteiger partial charge in [0.1, 0.15) is 0 Å². The summed E-state index contributed by atoms with van der Waals surface area (Å²) in [7, 11) is 0. The highest BCUT2D eigenvalue weighted by Crippen LogP contribution is 2.35. The second-order valence-corrected chi connectivity index (χ2v) is 9.40. The first-order valence-electron chi connectivity index (χ1n) is 13.7. The first kappa shape index (κ1) is 27.6. The van der Waals surface area contributed by atoms with Gasteiger partial charge in [0.15, 0.2) is 0 Å². The molecule has 0 amide bonds. The second kappa shape index (κ2) is 13.9. The molecule has 6 aromatic rings. The van der Waals surface area contributed by atoms with Crippen LogP contribution in [0.1, 0.15) is 11.1 Å². The Labute approximate surface area is 249 Å². The Morgan fingerprint density at radius 3 is 0.714 bits per heavy atom. The van der Waals surface area contributed by atoms with Crippen molar-refractivity contribution < 1.29 is 0 Å². The van der Waals surface area contributed by atoms with E-state index in [9.17, 15) is 0 Å². The van der Waals surface area contributed by atoms with E-state index in [1.807, 2.05) is 97.1 Å². The lowest BCUT2D eigenvalue weighted by molar-refractivity contribution is 1.28. The van der Waals surface area contributed by atoms with Crippen LogP contribution >= 0.6 is 0 Å². The zero-order valence-corrected chi connectivity index (χ0v) is 23.2. The molecular weight excluding hydrogens is 508 g/mol. The fraction of sp³-hybridized carbons (Fsp3) is 0. The van der Waals surface area contributed by atoms with Crippen molar-refractivity contribution in [3.05, 3.63) is 181 Å². The molecule has 0 fully saturated rings. The van der Waals surface area contributed by atoms with Crippen LogP contribution in [-0.2, 0) is 0 Å². The molecule has 6 aromatic carbocycles. The Morgan fingerprint density at radius 2 is 0.500 bits per heavy atom. The molecule has 0 N–H and O–H groups in total. The molecule has 2 heteroatoms. The average molecular weight is 539 g/mol. The van der Waals surface area contributed by atoms with Crippen LogP contribution in [0.5, 0.6) is 0 Å². The summed E-state index contributed by atoms with van der Waals surface area (Å²) in [6.45, 7) is 0. The minimum absolute atomic E-state index is 0.889. The third-order valence-electron chi connectivity index (χ3n) is 6.64. The van der Waals surface area contributed by atoms with Crippen molar-refractivity contribution in [1.82, 2.24) is 0 Å². The van der Waals surface area contributed by atoms with Crippen LogP contribution in [0.25, 0.3) is 0 Å². The van der Waals surface area contributed by atoms with Gasteiger partial charge < -0.3 is 9.80 Å². The topological polar surface area (TPSA) is 6.48 Å². The summed E-state index contributed by atoms with van der Waals surface area (Å²) in [4.78, 5) is 4.42. The number of para-hydroxylation sites is 4. The van der Waals surface area contributed by atoms with Crippen molar-refractivity contribution in [1.29, 1.82) is 0 Å². The number of nitrogens with zero attached hydrogens (tertiary/aromatic N) is 2. The molecule has 200 valence electrons. The van der Waals surface area contributed by atoms with Crippen LogP contribution in [0.3, 0.4) is 0 Å². The molecular formula is C40H30N2. The van der Waals surface area contributed by atoms with Crippen LogP contribution in [0.4, 0.5) is 34.1 Å². The lowest BCUT2D eigenvalue weighted by atomic mass is 10.1. The maximum Gasteiger partial charge on any atom is 0.0462 e. The lowest BCUT2D eigenvalue weighted by Gasteiger charge is -2.25. The van der Waals surface area contributed by atoms with Crippen LogP contribution < -0.4 is 9.80 Å². The quantitative estimate of drug-likeness (QED) is 0.195. The summed E-state index contributed by atoms with van der Waals surface area (Å²) in [6, 6.07) is 57.3. The van der Waals surface area contributed by atoms with Gasteiger partial charge in [0.2, 0.25) is 0 Å². The number of benzene rings is 6. The van der Waals surface area contributed by atoms with E-state index < -0.39 is 0 Å². The third-order valence-corrected chi connectivity index (χ3v) is 6.64. The van der Waals surface area contributed by atoms with Crippen molar-refractivity contribution in [2.75, 3.05) is 9.80 Å². The molecule has 0 spiro atoms. The van der Waals surface area contributed by atoms with Gasteiger partial charge in [-0.3, -0.25) is 0 Å². The molecule has 0 aliphatic carbocycles. The van der Waals surface area contributed by atoms with Gasteiger partial charge in [0, 0.05) is 45.3 Å². The first-order chi connectivity index (χ1) is 20.8. The minimum Gasteiger partial charge on any atom is -0.311 e. The maximum atomic E-state index is 5.43. The Balaban J connectivity index is 0.000000168. The highest BCUT2D eigenvalue weighted by Gasteiger charge is 2.12. The monoisotopic (exact) mass is 538 g/mol. The molecule has 0 saturated heterocycles. The number of hydrogen-bond donors (Lipinski definition) is 0. The van der Waals surface area contributed by atoms with E-state index in [0.717, 1.165) is 45.3 Å². The minimum atomic E-state index is 0.889. The summed E-state index contributed by atoms with van der Waals surface area (Å²) >= 11 is 0. The number of rotatable bonds is 6. The fourth-order valence-electron chi connectivity index (χ4n) is 4.62. The molecule has 0 bridgehead atoms. The van der Waals surface area contributed by atoms with Crippen molar-refractivity contribution in [2.24, 2.45) is 0 Å². The zero-order chi connectivity index (χ0) is 29.0. The molecule has 0 heterocycles. The summed E-state index contributed by atoms with van der Waals surface area (Å²) in [5, 5.41) is 0. The van der Waals surface area contributed by atoms with Gasteiger partial charge in [0.25, 0.3) is 0 Å². The largest absolute Gasteiger partial charge is 0.311 e. The number of terminal acetylenes is 2. The molecule has 6 rings (SSSR count). The summed E-state index contributed by atoms with van der Waals surface area (Å²) < 4.78 is 0. The fourth-order valence-corrected chi connectivity index (χ4v) is 4.62. The predicted octanol–water partition coefficient (Wildman–Crippen LogP) is 10.3. The highest BCUT2D eigenvalue weighted by atomic mass is 15.1. The van der Waals surface area contributed by atoms with Gasteiger partial charge >= 0.3 is 0 Å².